The normalized spacial score (nSPS) is 16.1. The van der Waals surface area contributed by atoms with Gasteiger partial charge in [-0.25, -0.2) is 10.2 Å². The number of nitrogens with one attached hydrogen (secondary N) is 3. The number of hydrogen-bond acceptors (Lipinski definition) is 7. The van der Waals surface area contributed by atoms with E-state index < -0.39 is 18.0 Å². The quantitative estimate of drug-likeness (QED) is 0.594. The van der Waals surface area contributed by atoms with Crippen molar-refractivity contribution in [3.05, 3.63) is 0 Å². The molecule has 1 atom stereocenters. The third-order valence-electron chi connectivity index (χ3n) is 3.16. The van der Waals surface area contributed by atoms with E-state index in [0.29, 0.717) is 32.3 Å². The van der Waals surface area contributed by atoms with E-state index in [2.05, 4.69) is 31.6 Å². The Bertz CT molecular complexity index is 540. The SMILES string of the molecule is CC(C)NC(=O)NNC(=O)[C@@H](C)n1nnc(N2CCOCC2)n1. The summed E-state index contributed by atoms with van der Waals surface area (Å²) in [6.45, 7) is 7.83. The monoisotopic (exact) mass is 326 g/mol. The Labute approximate surface area is 133 Å². The molecular weight excluding hydrogens is 304 g/mol. The molecule has 0 unspecified atom stereocenters. The molecule has 1 aliphatic rings. The molecular formula is C12H22N8O3. The van der Waals surface area contributed by atoms with Gasteiger partial charge in [0.05, 0.1) is 13.2 Å². The van der Waals surface area contributed by atoms with Crippen LogP contribution in [0.4, 0.5) is 10.7 Å². The molecule has 3 amide bonds. The van der Waals surface area contributed by atoms with Crippen LogP contribution in [-0.4, -0.2) is 64.5 Å². The minimum atomic E-state index is -0.711. The second-order valence-electron chi connectivity index (χ2n) is 5.43. The van der Waals surface area contributed by atoms with Crippen molar-refractivity contribution in [2.75, 3.05) is 31.2 Å². The minimum absolute atomic E-state index is 0.0302. The summed E-state index contributed by atoms with van der Waals surface area (Å²) < 4.78 is 5.26. The number of hydrazine groups is 1. The van der Waals surface area contributed by atoms with Gasteiger partial charge in [0.2, 0.25) is 0 Å². The molecule has 0 spiro atoms. The number of anilines is 1. The number of morpholine rings is 1. The third kappa shape index (κ3) is 4.77. The van der Waals surface area contributed by atoms with Gasteiger partial charge in [0.1, 0.15) is 0 Å². The maximum atomic E-state index is 12.0. The van der Waals surface area contributed by atoms with Crippen LogP contribution >= 0.6 is 0 Å². The van der Waals surface area contributed by atoms with Gasteiger partial charge in [0.25, 0.3) is 11.9 Å². The zero-order valence-corrected chi connectivity index (χ0v) is 13.4. The molecule has 1 aliphatic heterocycles. The highest BCUT2D eigenvalue weighted by Crippen LogP contribution is 2.09. The molecule has 0 bridgehead atoms. The second kappa shape index (κ2) is 7.72. The number of ether oxygens (including phenoxy) is 1. The summed E-state index contributed by atoms with van der Waals surface area (Å²) in [7, 11) is 0. The maximum absolute atomic E-state index is 12.0. The number of rotatable bonds is 4. The molecule has 1 saturated heterocycles. The van der Waals surface area contributed by atoms with Crippen LogP contribution in [0.25, 0.3) is 0 Å². The molecule has 3 N–H and O–H groups in total. The Morgan fingerprint density at radius 2 is 1.87 bits per heavy atom. The van der Waals surface area contributed by atoms with Crippen LogP contribution in [0.15, 0.2) is 0 Å². The topological polar surface area (TPSA) is 126 Å². The molecule has 11 heteroatoms. The van der Waals surface area contributed by atoms with Gasteiger partial charge in [-0.1, -0.05) is 5.10 Å². The molecule has 1 aromatic heterocycles. The average Bonchev–Trinajstić information content (AvgIpc) is 3.02. The van der Waals surface area contributed by atoms with Crippen LogP contribution in [0.5, 0.6) is 0 Å². The Morgan fingerprint density at radius 3 is 2.52 bits per heavy atom. The highest BCUT2D eigenvalue weighted by molar-refractivity contribution is 5.83. The van der Waals surface area contributed by atoms with Crippen molar-refractivity contribution in [1.82, 2.24) is 36.4 Å². The molecule has 2 heterocycles. The molecule has 11 nitrogen and oxygen atoms in total. The zero-order valence-electron chi connectivity index (χ0n) is 13.4. The predicted octanol–water partition coefficient (Wildman–Crippen LogP) is -1.19. The summed E-state index contributed by atoms with van der Waals surface area (Å²) in [5.74, 6) is 0.00768. The Morgan fingerprint density at radius 1 is 1.17 bits per heavy atom. The molecule has 1 fully saturated rings. The van der Waals surface area contributed by atoms with E-state index in [-0.39, 0.29) is 6.04 Å². The third-order valence-corrected chi connectivity index (χ3v) is 3.16. The minimum Gasteiger partial charge on any atom is -0.378 e. The van der Waals surface area contributed by atoms with Crippen LogP contribution in [-0.2, 0) is 9.53 Å². The molecule has 23 heavy (non-hydrogen) atoms. The Balaban J connectivity index is 1.87. The maximum Gasteiger partial charge on any atom is 0.333 e. The first-order valence-corrected chi connectivity index (χ1v) is 7.46. The number of tetrazole rings is 1. The van der Waals surface area contributed by atoms with E-state index in [9.17, 15) is 9.59 Å². The van der Waals surface area contributed by atoms with Gasteiger partial charge in [-0.15, -0.1) is 9.90 Å². The highest BCUT2D eigenvalue weighted by atomic mass is 16.5. The van der Waals surface area contributed by atoms with Crippen molar-refractivity contribution >= 4 is 17.9 Å². The van der Waals surface area contributed by atoms with Gasteiger partial charge < -0.3 is 15.0 Å². The van der Waals surface area contributed by atoms with Crippen LogP contribution in [0.2, 0.25) is 0 Å². The molecule has 0 radical (unpaired) electrons. The van der Waals surface area contributed by atoms with Crippen LogP contribution in [0.3, 0.4) is 0 Å². The first-order chi connectivity index (χ1) is 11.0. The lowest BCUT2D eigenvalue weighted by atomic mass is 10.3. The number of carbonyl (C=O) groups is 2. The fraction of sp³-hybridized carbons (Fsp3) is 0.750. The summed E-state index contributed by atoms with van der Waals surface area (Å²) in [4.78, 5) is 26.6. The summed E-state index contributed by atoms with van der Waals surface area (Å²) in [5, 5.41) is 14.6. The van der Waals surface area contributed by atoms with Crippen LogP contribution < -0.4 is 21.1 Å². The summed E-state index contributed by atoms with van der Waals surface area (Å²) in [5.41, 5.74) is 4.58. The molecule has 128 valence electrons. The van der Waals surface area contributed by atoms with Crippen molar-refractivity contribution in [3.63, 3.8) is 0 Å². The summed E-state index contributed by atoms with van der Waals surface area (Å²) in [6.07, 6.45) is 0. The summed E-state index contributed by atoms with van der Waals surface area (Å²) >= 11 is 0. The number of nitrogens with zero attached hydrogens (tertiary/aromatic N) is 5. The lowest BCUT2D eigenvalue weighted by molar-refractivity contribution is -0.125. The Kier molecular flexibility index (Phi) is 5.68. The largest absolute Gasteiger partial charge is 0.378 e. The standard InChI is InChI=1S/C12H22N8O3/c1-8(2)13-12(22)16-14-10(21)9(3)20-17-11(15-18-20)19-4-6-23-7-5-19/h8-9H,4-7H2,1-3H3,(H,14,21)(H2,13,16,22)/t9-/m1/s1. The van der Waals surface area contributed by atoms with E-state index in [0.717, 1.165) is 0 Å². The van der Waals surface area contributed by atoms with E-state index in [4.69, 9.17) is 4.74 Å². The van der Waals surface area contributed by atoms with Crippen LogP contribution in [0.1, 0.15) is 26.8 Å². The van der Waals surface area contributed by atoms with Crippen molar-refractivity contribution < 1.29 is 14.3 Å². The van der Waals surface area contributed by atoms with E-state index in [1.54, 1.807) is 6.92 Å². The van der Waals surface area contributed by atoms with Gasteiger partial charge in [0, 0.05) is 19.1 Å². The molecule has 0 saturated carbocycles. The van der Waals surface area contributed by atoms with Gasteiger partial charge in [-0.2, -0.15) is 0 Å². The number of carbonyl (C=O) groups excluding carboxylic acids is 2. The molecule has 2 rings (SSSR count). The zero-order chi connectivity index (χ0) is 16.8. The van der Waals surface area contributed by atoms with E-state index in [1.807, 2.05) is 18.7 Å². The van der Waals surface area contributed by atoms with E-state index >= 15 is 0 Å². The molecule has 0 aromatic carbocycles. The predicted molar refractivity (Wildman–Crippen MR) is 80.5 cm³/mol. The first-order valence-electron chi connectivity index (χ1n) is 7.46. The fourth-order valence-electron chi connectivity index (χ4n) is 1.90. The number of amides is 3. The van der Waals surface area contributed by atoms with Crippen molar-refractivity contribution in [2.45, 2.75) is 32.9 Å². The van der Waals surface area contributed by atoms with Crippen LogP contribution in [0, 0.1) is 0 Å². The lowest BCUT2D eigenvalue weighted by Gasteiger charge is -2.24. The van der Waals surface area contributed by atoms with Crippen molar-refractivity contribution in [3.8, 4) is 0 Å². The molecule has 0 aliphatic carbocycles. The van der Waals surface area contributed by atoms with Crippen molar-refractivity contribution in [1.29, 1.82) is 0 Å². The molecule has 1 aromatic rings. The average molecular weight is 326 g/mol. The summed E-state index contributed by atoms with van der Waals surface area (Å²) in [6, 6.07) is -1.23. The second-order valence-corrected chi connectivity index (χ2v) is 5.43. The highest BCUT2D eigenvalue weighted by Gasteiger charge is 2.21. The smallest absolute Gasteiger partial charge is 0.333 e. The van der Waals surface area contributed by atoms with Gasteiger partial charge in [-0.05, 0) is 26.0 Å². The van der Waals surface area contributed by atoms with Gasteiger partial charge in [0.15, 0.2) is 6.04 Å². The van der Waals surface area contributed by atoms with Gasteiger partial charge >= 0.3 is 6.03 Å². The lowest BCUT2D eigenvalue weighted by Crippen LogP contribution is -2.50. The number of urea groups is 1. The number of hydrogen-bond donors (Lipinski definition) is 3. The number of aromatic nitrogens is 4. The first kappa shape index (κ1) is 16.9. The fourth-order valence-corrected chi connectivity index (χ4v) is 1.90. The van der Waals surface area contributed by atoms with Gasteiger partial charge in [-0.3, -0.25) is 10.2 Å². The van der Waals surface area contributed by atoms with Crippen molar-refractivity contribution in [2.24, 2.45) is 0 Å². The Hall–Kier alpha value is -2.43. The van der Waals surface area contributed by atoms with E-state index in [1.165, 1.54) is 4.80 Å².